The van der Waals surface area contributed by atoms with Crippen molar-refractivity contribution in [2.75, 3.05) is 19.0 Å². The number of benzene rings is 1. The van der Waals surface area contributed by atoms with Gasteiger partial charge in [0, 0.05) is 19.7 Å². The van der Waals surface area contributed by atoms with Crippen LogP contribution in [0, 0.1) is 0 Å². The van der Waals surface area contributed by atoms with Gasteiger partial charge in [0.25, 0.3) is 0 Å². The number of alkyl halides is 3. The molecule has 0 aliphatic rings. The summed E-state index contributed by atoms with van der Waals surface area (Å²) in [4.78, 5) is 22.0. The Balaban J connectivity index is 2.34. The van der Waals surface area contributed by atoms with Crippen LogP contribution in [0.15, 0.2) is 30.3 Å². The first kappa shape index (κ1) is 19.6. The molecular weight excluding hydrogens is 347 g/mol. The lowest BCUT2D eigenvalue weighted by molar-refractivity contribution is -0.137. The summed E-state index contributed by atoms with van der Waals surface area (Å²) in [5.74, 6) is 0.0542. The lowest BCUT2D eigenvalue weighted by atomic mass is 10.1. The molecule has 0 saturated carbocycles. The van der Waals surface area contributed by atoms with Gasteiger partial charge >= 0.3 is 6.18 Å². The number of aromatic nitrogens is 2. The third-order valence-corrected chi connectivity index (χ3v) is 3.53. The summed E-state index contributed by atoms with van der Waals surface area (Å²) in [5.41, 5.74) is 6.27. The fourth-order valence-electron chi connectivity index (χ4n) is 2.09. The summed E-state index contributed by atoms with van der Waals surface area (Å²) < 4.78 is 38.1. The van der Waals surface area contributed by atoms with Crippen LogP contribution in [0.3, 0.4) is 0 Å². The second kappa shape index (κ2) is 7.69. The van der Waals surface area contributed by atoms with Crippen LogP contribution in [-0.2, 0) is 17.5 Å². The van der Waals surface area contributed by atoms with E-state index in [4.69, 9.17) is 5.73 Å². The van der Waals surface area contributed by atoms with Crippen molar-refractivity contribution in [2.45, 2.75) is 25.7 Å². The number of halogens is 3. The summed E-state index contributed by atoms with van der Waals surface area (Å²) in [6, 6.07) is 5.69. The maximum absolute atomic E-state index is 12.7. The Labute approximate surface area is 149 Å². The van der Waals surface area contributed by atoms with Gasteiger partial charge in [-0.2, -0.15) is 13.2 Å². The van der Waals surface area contributed by atoms with E-state index in [9.17, 15) is 18.0 Å². The number of nitrogens with zero attached hydrogens (tertiary/aromatic N) is 3. The summed E-state index contributed by atoms with van der Waals surface area (Å²) in [6.07, 6.45) is -4.40. The second-order valence-corrected chi connectivity index (χ2v) is 6.02. The van der Waals surface area contributed by atoms with Crippen LogP contribution >= 0.6 is 0 Å². The van der Waals surface area contributed by atoms with Gasteiger partial charge in [0.2, 0.25) is 11.9 Å². The highest BCUT2D eigenvalue weighted by Gasteiger charge is 2.30. The summed E-state index contributed by atoms with van der Waals surface area (Å²) >= 11 is 0. The maximum atomic E-state index is 12.7. The molecule has 3 N–H and O–H groups in total. The lowest BCUT2D eigenvalue weighted by Gasteiger charge is -2.15. The number of nitrogens with two attached hydrogens (primary N) is 1. The predicted octanol–water partition coefficient (Wildman–Crippen LogP) is 2.19. The molecule has 1 heterocycles. The molecule has 2 rings (SSSR count). The summed E-state index contributed by atoms with van der Waals surface area (Å²) in [5, 5.41) is 2.65. The average molecular weight is 367 g/mol. The molecule has 1 atom stereocenters. The van der Waals surface area contributed by atoms with Crippen LogP contribution < -0.4 is 16.0 Å². The van der Waals surface area contributed by atoms with E-state index in [0.717, 1.165) is 12.1 Å². The van der Waals surface area contributed by atoms with E-state index in [1.807, 2.05) is 0 Å². The van der Waals surface area contributed by atoms with Crippen LogP contribution in [0.5, 0.6) is 0 Å². The first-order valence-electron chi connectivity index (χ1n) is 7.84. The summed E-state index contributed by atoms with van der Waals surface area (Å²) in [7, 11) is 3.49. The SMILES string of the molecule is C[C@H](N)C(=O)NCc1cc(-c2ccc(C(F)(F)F)cc2)nc(N(C)C)n1. The number of amides is 1. The van der Waals surface area contributed by atoms with Gasteiger partial charge in [0.05, 0.1) is 29.5 Å². The highest BCUT2D eigenvalue weighted by Crippen LogP contribution is 2.31. The van der Waals surface area contributed by atoms with Crippen LogP contribution in [0.25, 0.3) is 11.3 Å². The smallest absolute Gasteiger partial charge is 0.349 e. The summed E-state index contributed by atoms with van der Waals surface area (Å²) in [6.45, 7) is 1.70. The third kappa shape index (κ3) is 4.92. The number of nitrogens with one attached hydrogen (secondary N) is 1. The maximum Gasteiger partial charge on any atom is 0.416 e. The molecule has 1 aromatic carbocycles. The van der Waals surface area contributed by atoms with Gasteiger partial charge < -0.3 is 16.0 Å². The molecule has 0 spiro atoms. The van der Waals surface area contributed by atoms with Crippen molar-refractivity contribution in [1.82, 2.24) is 15.3 Å². The normalized spacial score (nSPS) is 12.6. The fourth-order valence-corrected chi connectivity index (χ4v) is 2.09. The molecule has 140 valence electrons. The van der Waals surface area contributed by atoms with Crippen molar-refractivity contribution in [1.29, 1.82) is 0 Å². The molecule has 1 aromatic heterocycles. The highest BCUT2D eigenvalue weighted by molar-refractivity contribution is 5.80. The van der Waals surface area contributed by atoms with Gasteiger partial charge in [-0.3, -0.25) is 4.79 Å². The lowest BCUT2D eigenvalue weighted by Crippen LogP contribution is -2.38. The van der Waals surface area contributed by atoms with E-state index < -0.39 is 17.8 Å². The molecule has 0 aliphatic heterocycles. The van der Waals surface area contributed by atoms with Gasteiger partial charge in [-0.25, -0.2) is 9.97 Å². The number of anilines is 1. The van der Waals surface area contributed by atoms with E-state index in [-0.39, 0.29) is 12.5 Å². The van der Waals surface area contributed by atoms with Gasteiger partial charge in [0.15, 0.2) is 0 Å². The number of hydrogen-bond donors (Lipinski definition) is 2. The topological polar surface area (TPSA) is 84.1 Å². The Hall–Kier alpha value is -2.68. The molecule has 1 amide bonds. The zero-order valence-corrected chi connectivity index (χ0v) is 14.6. The number of hydrogen-bond acceptors (Lipinski definition) is 5. The molecule has 0 unspecified atom stereocenters. The van der Waals surface area contributed by atoms with E-state index in [1.165, 1.54) is 12.1 Å². The van der Waals surface area contributed by atoms with Crippen LogP contribution in [0.4, 0.5) is 19.1 Å². The largest absolute Gasteiger partial charge is 0.416 e. The molecule has 0 radical (unpaired) electrons. The minimum atomic E-state index is -4.40. The van der Waals surface area contributed by atoms with E-state index in [0.29, 0.717) is 22.9 Å². The predicted molar refractivity (Wildman–Crippen MR) is 92.3 cm³/mol. The molecule has 0 bridgehead atoms. The minimum Gasteiger partial charge on any atom is -0.349 e. The second-order valence-electron chi connectivity index (χ2n) is 6.02. The van der Waals surface area contributed by atoms with E-state index in [1.54, 1.807) is 32.0 Å². The van der Waals surface area contributed by atoms with E-state index in [2.05, 4.69) is 15.3 Å². The Morgan fingerprint density at radius 1 is 1.23 bits per heavy atom. The zero-order valence-electron chi connectivity index (χ0n) is 14.6. The molecule has 2 aromatic rings. The molecule has 9 heteroatoms. The molecule has 26 heavy (non-hydrogen) atoms. The van der Waals surface area contributed by atoms with Crippen molar-refractivity contribution in [3.05, 3.63) is 41.6 Å². The molecular formula is C17H20F3N5O. The highest BCUT2D eigenvalue weighted by atomic mass is 19.4. The van der Waals surface area contributed by atoms with Crippen molar-refractivity contribution < 1.29 is 18.0 Å². The quantitative estimate of drug-likeness (QED) is 0.846. The van der Waals surface area contributed by atoms with Crippen LogP contribution in [0.2, 0.25) is 0 Å². The Kier molecular flexibility index (Phi) is 5.81. The molecule has 0 fully saturated rings. The van der Waals surface area contributed by atoms with Crippen LogP contribution in [-0.4, -0.2) is 36.0 Å². The van der Waals surface area contributed by atoms with Crippen molar-refractivity contribution in [3.8, 4) is 11.3 Å². The number of carbonyl (C=O) groups excluding carboxylic acids is 1. The van der Waals surface area contributed by atoms with Gasteiger partial charge in [0.1, 0.15) is 0 Å². The first-order chi connectivity index (χ1) is 12.1. The van der Waals surface area contributed by atoms with Gasteiger partial charge in [-0.05, 0) is 25.1 Å². The Morgan fingerprint density at radius 3 is 2.35 bits per heavy atom. The fraction of sp³-hybridized carbons (Fsp3) is 0.353. The average Bonchev–Trinajstić information content (AvgIpc) is 2.58. The third-order valence-electron chi connectivity index (χ3n) is 3.53. The standard InChI is InChI=1S/C17H20F3N5O/c1-10(21)15(26)22-9-13-8-14(24-16(23-13)25(2)3)11-4-6-12(7-5-11)17(18,19)20/h4-8,10H,9,21H2,1-3H3,(H,22,26)/t10-/m0/s1. The van der Waals surface area contributed by atoms with E-state index >= 15 is 0 Å². The van der Waals surface area contributed by atoms with Gasteiger partial charge in [-0.1, -0.05) is 12.1 Å². The molecule has 0 aliphatic carbocycles. The monoisotopic (exact) mass is 367 g/mol. The number of rotatable bonds is 5. The van der Waals surface area contributed by atoms with Crippen molar-refractivity contribution in [2.24, 2.45) is 5.73 Å². The first-order valence-corrected chi connectivity index (χ1v) is 7.84. The van der Waals surface area contributed by atoms with Gasteiger partial charge in [-0.15, -0.1) is 0 Å². The molecule has 0 saturated heterocycles. The van der Waals surface area contributed by atoms with Crippen molar-refractivity contribution >= 4 is 11.9 Å². The Morgan fingerprint density at radius 2 is 1.85 bits per heavy atom. The zero-order chi connectivity index (χ0) is 19.5. The number of carbonyl (C=O) groups is 1. The molecule has 6 nitrogen and oxygen atoms in total. The minimum absolute atomic E-state index is 0.136. The van der Waals surface area contributed by atoms with Crippen LogP contribution in [0.1, 0.15) is 18.2 Å². The Bertz CT molecular complexity index is 773. The van der Waals surface area contributed by atoms with Crippen molar-refractivity contribution in [3.63, 3.8) is 0 Å².